The minimum absolute atomic E-state index is 0. The van der Waals surface area contributed by atoms with Crippen LogP contribution in [0.5, 0.6) is 0 Å². The molecule has 0 atom stereocenters. The van der Waals surface area contributed by atoms with Gasteiger partial charge in [-0.1, -0.05) is 66.4 Å². The molecule has 0 N–H and O–H groups in total. The minimum Gasteiger partial charge on any atom is -0.336 e. The fourth-order valence-corrected chi connectivity index (χ4v) is 4.55. The van der Waals surface area contributed by atoms with E-state index in [1.54, 1.807) is 11.8 Å². The third-order valence-corrected chi connectivity index (χ3v) is 6.29. The van der Waals surface area contributed by atoms with Crippen molar-refractivity contribution in [3.63, 3.8) is 0 Å². The lowest BCUT2D eigenvalue weighted by Gasteiger charge is -2.34. The summed E-state index contributed by atoms with van der Waals surface area (Å²) < 4.78 is 0. The predicted octanol–water partition coefficient (Wildman–Crippen LogP) is 4.90. The maximum absolute atomic E-state index is 13.0. The van der Waals surface area contributed by atoms with Crippen LogP contribution in [0, 0.1) is 0 Å². The molecule has 31 heavy (non-hydrogen) atoms. The molecule has 160 valence electrons. The van der Waals surface area contributed by atoms with Crippen molar-refractivity contribution >= 4 is 35.9 Å². The minimum atomic E-state index is 0. The molecule has 0 unspecified atom stereocenters. The molecule has 3 aromatic carbocycles. The highest BCUT2D eigenvalue weighted by Gasteiger charge is 2.24. The number of Topliss-reactive ketones (excluding diaryl/α,β-unsaturated/α-hetero) is 1. The monoisotopic (exact) mass is 452 g/mol. The Kier molecular flexibility index (Phi) is 8.29. The summed E-state index contributed by atoms with van der Waals surface area (Å²) >= 11 is 1.61. The Morgan fingerprint density at radius 2 is 1.32 bits per heavy atom. The molecule has 4 nitrogen and oxygen atoms in total. The number of benzene rings is 3. The number of hydrogen-bond donors (Lipinski definition) is 0. The van der Waals surface area contributed by atoms with Crippen LogP contribution < -0.4 is 0 Å². The molecule has 0 radical (unpaired) electrons. The summed E-state index contributed by atoms with van der Waals surface area (Å²) in [6, 6.07) is 27.3. The van der Waals surface area contributed by atoms with Crippen LogP contribution in [0.4, 0.5) is 0 Å². The molecule has 0 aliphatic carbocycles. The molecule has 1 saturated heterocycles. The molecule has 0 bridgehead atoms. The first kappa shape index (κ1) is 23.1. The molecule has 3 aromatic rings. The van der Waals surface area contributed by atoms with Crippen molar-refractivity contribution in [2.45, 2.75) is 9.79 Å². The first-order chi connectivity index (χ1) is 14.7. The lowest BCUT2D eigenvalue weighted by molar-refractivity contribution is 0.0624. The Morgan fingerprint density at radius 1 is 0.742 bits per heavy atom. The number of nitrogens with zero attached hydrogens (tertiary/aromatic N) is 2. The van der Waals surface area contributed by atoms with Crippen LogP contribution >= 0.6 is 24.2 Å². The van der Waals surface area contributed by atoms with Crippen molar-refractivity contribution in [2.75, 3.05) is 32.7 Å². The van der Waals surface area contributed by atoms with E-state index < -0.39 is 0 Å². The van der Waals surface area contributed by atoms with Gasteiger partial charge in [-0.3, -0.25) is 14.5 Å². The van der Waals surface area contributed by atoms with Crippen LogP contribution in [0.15, 0.2) is 94.7 Å². The summed E-state index contributed by atoms with van der Waals surface area (Å²) in [5.74, 6) is 0.183. The van der Waals surface area contributed by atoms with Gasteiger partial charge < -0.3 is 4.90 Å². The van der Waals surface area contributed by atoms with Gasteiger partial charge in [-0.15, -0.1) is 12.4 Å². The quantitative estimate of drug-likeness (QED) is 0.499. The number of carbonyl (C=O) groups excluding carboxylic acids is 2. The van der Waals surface area contributed by atoms with E-state index in [0.717, 1.165) is 15.4 Å². The zero-order valence-corrected chi connectivity index (χ0v) is 18.8. The number of piperazine rings is 1. The largest absolute Gasteiger partial charge is 0.336 e. The van der Waals surface area contributed by atoms with E-state index in [1.165, 1.54) is 0 Å². The SMILES string of the molecule is Cl.O=C(CN1CCN(C(=O)c2ccccc2)CC1)c1ccccc1Sc1ccccc1. The summed E-state index contributed by atoms with van der Waals surface area (Å²) in [5.41, 5.74) is 1.48. The summed E-state index contributed by atoms with van der Waals surface area (Å²) in [6.45, 7) is 3.07. The van der Waals surface area contributed by atoms with Gasteiger partial charge in [-0.05, 0) is 30.3 Å². The van der Waals surface area contributed by atoms with Crippen molar-refractivity contribution in [1.29, 1.82) is 0 Å². The number of rotatable bonds is 6. The summed E-state index contributed by atoms with van der Waals surface area (Å²) in [7, 11) is 0. The van der Waals surface area contributed by atoms with Gasteiger partial charge in [0.15, 0.2) is 5.78 Å². The molecule has 6 heteroatoms. The zero-order chi connectivity index (χ0) is 20.8. The van der Waals surface area contributed by atoms with Gasteiger partial charge in [0.1, 0.15) is 0 Å². The van der Waals surface area contributed by atoms with Gasteiger partial charge in [0.05, 0.1) is 6.54 Å². The highest BCUT2D eigenvalue weighted by molar-refractivity contribution is 7.99. The highest BCUT2D eigenvalue weighted by Crippen LogP contribution is 2.30. The molecule has 4 rings (SSSR count). The lowest BCUT2D eigenvalue weighted by Crippen LogP contribution is -2.49. The van der Waals surface area contributed by atoms with Gasteiger partial charge in [-0.2, -0.15) is 0 Å². The smallest absolute Gasteiger partial charge is 0.253 e. The second-order valence-electron chi connectivity index (χ2n) is 7.27. The van der Waals surface area contributed by atoms with Crippen molar-refractivity contribution in [2.24, 2.45) is 0 Å². The lowest BCUT2D eigenvalue weighted by atomic mass is 10.1. The van der Waals surface area contributed by atoms with E-state index in [4.69, 9.17) is 0 Å². The van der Waals surface area contributed by atoms with Crippen LogP contribution in [-0.2, 0) is 0 Å². The Labute approximate surface area is 193 Å². The number of amides is 1. The normalized spacial score (nSPS) is 14.0. The molecule has 0 aromatic heterocycles. The number of carbonyl (C=O) groups is 2. The molecule has 1 aliphatic heterocycles. The molecular weight excluding hydrogens is 428 g/mol. The van der Waals surface area contributed by atoms with E-state index in [0.29, 0.717) is 38.3 Å². The summed E-state index contributed by atoms with van der Waals surface area (Å²) in [6.07, 6.45) is 0. The van der Waals surface area contributed by atoms with Crippen LogP contribution in [0.3, 0.4) is 0 Å². The topological polar surface area (TPSA) is 40.6 Å². The highest BCUT2D eigenvalue weighted by atomic mass is 35.5. The van der Waals surface area contributed by atoms with Crippen molar-refractivity contribution < 1.29 is 9.59 Å². The standard InChI is InChI=1S/C25H24N2O2S.ClH/c28-23(22-13-7-8-14-24(22)30-21-11-5-2-6-12-21)19-26-15-17-27(18-16-26)25(29)20-9-3-1-4-10-20;/h1-14H,15-19H2;1H. The molecule has 0 spiro atoms. The third-order valence-electron chi connectivity index (χ3n) is 5.21. The number of halogens is 1. The van der Waals surface area contributed by atoms with Crippen molar-refractivity contribution in [1.82, 2.24) is 9.80 Å². The summed E-state index contributed by atoms with van der Waals surface area (Å²) in [5, 5.41) is 0. The molecule has 1 aliphatic rings. The van der Waals surface area contributed by atoms with Gasteiger partial charge in [0.25, 0.3) is 5.91 Å². The molecule has 1 heterocycles. The van der Waals surface area contributed by atoms with Gasteiger partial charge in [0, 0.05) is 47.1 Å². The Balaban J connectivity index is 0.00000272. The zero-order valence-electron chi connectivity index (χ0n) is 17.1. The Hall–Kier alpha value is -2.60. The van der Waals surface area contributed by atoms with Crippen LogP contribution in [0.25, 0.3) is 0 Å². The Bertz CT molecular complexity index is 1010. The fourth-order valence-electron chi connectivity index (χ4n) is 3.56. The van der Waals surface area contributed by atoms with E-state index in [1.807, 2.05) is 77.7 Å². The molecule has 1 amide bonds. The average molecular weight is 453 g/mol. The van der Waals surface area contributed by atoms with Crippen LogP contribution in [-0.4, -0.2) is 54.2 Å². The second-order valence-corrected chi connectivity index (χ2v) is 8.38. The van der Waals surface area contributed by atoms with E-state index in [2.05, 4.69) is 17.0 Å². The average Bonchev–Trinajstić information content (AvgIpc) is 2.81. The van der Waals surface area contributed by atoms with E-state index in [9.17, 15) is 9.59 Å². The fraction of sp³-hybridized carbons (Fsp3) is 0.200. The van der Waals surface area contributed by atoms with Crippen LogP contribution in [0.2, 0.25) is 0 Å². The summed E-state index contributed by atoms with van der Waals surface area (Å²) in [4.78, 5) is 31.7. The maximum atomic E-state index is 13.0. The predicted molar refractivity (Wildman–Crippen MR) is 127 cm³/mol. The van der Waals surface area contributed by atoms with Gasteiger partial charge >= 0.3 is 0 Å². The molecular formula is C25H25ClN2O2S. The second kappa shape index (κ2) is 11.1. The van der Waals surface area contributed by atoms with Crippen molar-refractivity contribution in [3.05, 3.63) is 96.1 Å². The maximum Gasteiger partial charge on any atom is 0.253 e. The van der Waals surface area contributed by atoms with Gasteiger partial charge in [0.2, 0.25) is 0 Å². The molecule has 0 saturated carbocycles. The van der Waals surface area contributed by atoms with E-state index in [-0.39, 0.29) is 24.1 Å². The first-order valence-corrected chi connectivity index (χ1v) is 10.9. The van der Waals surface area contributed by atoms with Gasteiger partial charge in [-0.25, -0.2) is 0 Å². The number of hydrogen-bond acceptors (Lipinski definition) is 4. The first-order valence-electron chi connectivity index (χ1n) is 10.1. The molecule has 1 fully saturated rings. The Morgan fingerprint density at radius 3 is 2.00 bits per heavy atom. The van der Waals surface area contributed by atoms with Crippen molar-refractivity contribution in [3.8, 4) is 0 Å². The third kappa shape index (κ3) is 5.97. The van der Waals surface area contributed by atoms with E-state index >= 15 is 0 Å². The van der Waals surface area contributed by atoms with Crippen LogP contribution in [0.1, 0.15) is 20.7 Å². The number of ketones is 1.